The Kier molecular flexibility index (Phi) is 7.43. The molecule has 0 fully saturated rings. The van der Waals surface area contributed by atoms with E-state index in [2.05, 4.69) is 0 Å². The van der Waals surface area contributed by atoms with E-state index in [1.165, 1.54) is 4.90 Å². The van der Waals surface area contributed by atoms with Crippen molar-refractivity contribution in [3.8, 4) is 45.6 Å². The van der Waals surface area contributed by atoms with Gasteiger partial charge in [-0.1, -0.05) is 13.3 Å². The fourth-order valence-corrected chi connectivity index (χ4v) is 3.62. The number of amides is 1. The van der Waals surface area contributed by atoms with E-state index < -0.39 is 68.7 Å². The van der Waals surface area contributed by atoms with Crippen LogP contribution in [-0.2, 0) is 14.3 Å². The monoisotopic (exact) mass is 491 g/mol. The number of hydrogen-bond acceptors (Lipinski definition) is 11. The second kappa shape index (κ2) is 10.3. The van der Waals surface area contributed by atoms with Crippen molar-refractivity contribution in [3.63, 3.8) is 0 Å². The zero-order valence-corrected chi connectivity index (χ0v) is 18.8. The summed E-state index contributed by atoms with van der Waals surface area (Å²) in [4.78, 5) is 39.6. The van der Waals surface area contributed by atoms with Crippen molar-refractivity contribution in [2.24, 2.45) is 0 Å². The number of ether oxygens (including phenoxy) is 2. The first-order chi connectivity index (χ1) is 16.6. The SMILES string of the molecule is CCCCC(=O)N1CCOC(=O)c2cc(O)c(O)c(O)c2-c2c(cc(O)c(O)c2O)C(=O)OCC1. The van der Waals surface area contributed by atoms with E-state index in [-0.39, 0.29) is 38.6 Å². The van der Waals surface area contributed by atoms with Crippen LogP contribution in [0, 0.1) is 0 Å². The fraction of sp³-hybridized carbons (Fsp3) is 0.348. The van der Waals surface area contributed by atoms with E-state index in [1.807, 2.05) is 6.92 Å². The molecule has 2 aromatic carbocycles. The number of benzene rings is 2. The molecule has 12 heteroatoms. The summed E-state index contributed by atoms with van der Waals surface area (Å²) in [6, 6.07) is 1.46. The Balaban J connectivity index is 2.19. The van der Waals surface area contributed by atoms with Crippen LogP contribution in [0.2, 0.25) is 0 Å². The van der Waals surface area contributed by atoms with Gasteiger partial charge in [-0.15, -0.1) is 0 Å². The topological polar surface area (TPSA) is 194 Å². The maximum atomic E-state index is 12.9. The van der Waals surface area contributed by atoms with Gasteiger partial charge in [-0.2, -0.15) is 0 Å². The molecule has 0 radical (unpaired) electrons. The molecule has 0 spiro atoms. The molecule has 1 aliphatic rings. The standard InChI is InChI=1S/C23H25NO11/c1-2-3-4-15(27)24-5-7-34-22(32)11-9-13(25)18(28)20(30)16(11)17-12(23(33)35-8-6-24)10-14(26)19(29)21(17)31/h9-10,25-26,28-31H,2-8H2,1H3. The Labute approximate surface area is 199 Å². The van der Waals surface area contributed by atoms with E-state index in [9.17, 15) is 45.0 Å². The molecule has 1 aliphatic heterocycles. The predicted octanol–water partition coefficient (Wildman–Crippen LogP) is 1.93. The lowest BCUT2D eigenvalue weighted by molar-refractivity contribution is -0.132. The lowest BCUT2D eigenvalue weighted by atomic mass is 9.92. The summed E-state index contributed by atoms with van der Waals surface area (Å²) in [6.07, 6.45) is 1.63. The van der Waals surface area contributed by atoms with E-state index in [1.54, 1.807) is 0 Å². The molecule has 2 aromatic rings. The van der Waals surface area contributed by atoms with Crippen molar-refractivity contribution in [2.75, 3.05) is 26.3 Å². The highest BCUT2D eigenvalue weighted by molar-refractivity contribution is 6.08. The predicted molar refractivity (Wildman–Crippen MR) is 119 cm³/mol. The van der Waals surface area contributed by atoms with Crippen LogP contribution in [0.4, 0.5) is 0 Å². The number of aromatic hydroxyl groups is 6. The summed E-state index contributed by atoms with van der Waals surface area (Å²) in [5, 5.41) is 61.1. The zero-order valence-electron chi connectivity index (χ0n) is 18.8. The molecule has 0 aliphatic carbocycles. The Morgan fingerprint density at radius 3 is 1.63 bits per heavy atom. The first-order valence-corrected chi connectivity index (χ1v) is 10.8. The van der Waals surface area contributed by atoms with Gasteiger partial charge in [0.05, 0.1) is 24.2 Å². The molecule has 0 unspecified atom stereocenters. The van der Waals surface area contributed by atoms with Crippen LogP contribution >= 0.6 is 0 Å². The number of unbranched alkanes of at least 4 members (excludes halogenated alkanes) is 1. The van der Waals surface area contributed by atoms with Gasteiger partial charge in [0.1, 0.15) is 13.2 Å². The first kappa shape index (κ1) is 25.3. The Hall–Kier alpha value is -4.35. The highest BCUT2D eigenvalue weighted by atomic mass is 16.5. The second-order valence-corrected chi connectivity index (χ2v) is 7.79. The van der Waals surface area contributed by atoms with Crippen molar-refractivity contribution in [1.82, 2.24) is 4.90 Å². The number of hydrogen-bond donors (Lipinski definition) is 6. The van der Waals surface area contributed by atoms with Gasteiger partial charge in [0.2, 0.25) is 17.4 Å². The molecule has 0 atom stereocenters. The maximum absolute atomic E-state index is 12.9. The number of carbonyl (C=O) groups excluding carboxylic acids is 3. The maximum Gasteiger partial charge on any atom is 0.339 e. The number of phenols is 6. The molecule has 6 N–H and O–H groups in total. The molecule has 3 rings (SSSR count). The molecule has 35 heavy (non-hydrogen) atoms. The van der Waals surface area contributed by atoms with Crippen molar-refractivity contribution in [1.29, 1.82) is 0 Å². The summed E-state index contributed by atoms with van der Waals surface area (Å²) in [5.41, 5.74) is -2.51. The number of phenolic OH excluding ortho intramolecular Hbond substituents is 6. The van der Waals surface area contributed by atoms with Crippen molar-refractivity contribution in [3.05, 3.63) is 23.3 Å². The number of rotatable bonds is 3. The van der Waals surface area contributed by atoms with Crippen molar-refractivity contribution < 1.29 is 54.5 Å². The molecule has 188 valence electrons. The minimum absolute atomic E-state index is 0.0446. The van der Waals surface area contributed by atoms with E-state index >= 15 is 0 Å². The lowest BCUT2D eigenvalue weighted by Gasteiger charge is -2.22. The van der Waals surface area contributed by atoms with Crippen LogP contribution in [0.15, 0.2) is 12.1 Å². The molecule has 0 saturated heterocycles. The number of nitrogens with zero attached hydrogens (tertiary/aromatic N) is 1. The number of carbonyl (C=O) groups is 3. The van der Waals surface area contributed by atoms with E-state index in [0.29, 0.717) is 6.42 Å². The van der Waals surface area contributed by atoms with Gasteiger partial charge < -0.3 is 45.0 Å². The van der Waals surface area contributed by atoms with E-state index in [0.717, 1.165) is 18.6 Å². The Morgan fingerprint density at radius 2 is 1.23 bits per heavy atom. The van der Waals surface area contributed by atoms with Gasteiger partial charge in [0, 0.05) is 17.5 Å². The minimum Gasteiger partial charge on any atom is -0.504 e. The number of cyclic esters (lactones) is 2. The van der Waals surface area contributed by atoms with Gasteiger partial charge in [0.15, 0.2) is 23.0 Å². The Morgan fingerprint density at radius 1 is 0.800 bits per heavy atom. The molecule has 0 bridgehead atoms. The van der Waals surface area contributed by atoms with Gasteiger partial charge >= 0.3 is 11.9 Å². The largest absolute Gasteiger partial charge is 0.504 e. The summed E-state index contributed by atoms with van der Waals surface area (Å²) < 4.78 is 10.4. The van der Waals surface area contributed by atoms with Crippen LogP contribution in [-0.4, -0.2) is 79.7 Å². The number of esters is 2. The van der Waals surface area contributed by atoms with Gasteiger partial charge in [-0.3, -0.25) is 4.79 Å². The third-order valence-corrected chi connectivity index (χ3v) is 5.48. The molecular formula is C23H25NO11. The highest BCUT2D eigenvalue weighted by Gasteiger charge is 2.32. The van der Waals surface area contributed by atoms with Crippen LogP contribution in [0.25, 0.3) is 11.1 Å². The lowest BCUT2D eigenvalue weighted by Crippen LogP contribution is -2.37. The van der Waals surface area contributed by atoms with Crippen molar-refractivity contribution >= 4 is 17.8 Å². The molecule has 0 aromatic heterocycles. The zero-order chi connectivity index (χ0) is 25.9. The molecule has 12 nitrogen and oxygen atoms in total. The van der Waals surface area contributed by atoms with Crippen LogP contribution in [0.1, 0.15) is 46.9 Å². The van der Waals surface area contributed by atoms with Gasteiger partial charge in [0.25, 0.3) is 0 Å². The van der Waals surface area contributed by atoms with Crippen LogP contribution in [0.3, 0.4) is 0 Å². The van der Waals surface area contributed by atoms with Gasteiger partial charge in [-0.25, -0.2) is 9.59 Å². The average Bonchev–Trinajstić information content (AvgIpc) is 2.83. The van der Waals surface area contributed by atoms with Crippen LogP contribution in [0.5, 0.6) is 34.5 Å². The third kappa shape index (κ3) is 4.95. The normalized spacial score (nSPS) is 14.5. The summed E-state index contributed by atoms with van der Waals surface area (Å²) in [7, 11) is 0. The van der Waals surface area contributed by atoms with Gasteiger partial charge in [-0.05, 0) is 18.6 Å². The summed E-state index contributed by atoms with van der Waals surface area (Å²) in [6.45, 7) is 1.23. The first-order valence-electron chi connectivity index (χ1n) is 10.8. The molecule has 1 heterocycles. The Bertz CT molecular complexity index is 1090. The molecule has 1 amide bonds. The fourth-order valence-electron chi connectivity index (χ4n) is 3.62. The quantitative estimate of drug-likeness (QED) is 0.271. The van der Waals surface area contributed by atoms with E-state index in [4.69, 9.17) is 9.47 Å². The number of fused-ring (bicyclic) bond motifs is 3. The highest BCUT2D eigenvalue weighted by Crippen LogP contribution is 2.52. The second-order valence-electron chi connectivity index (χ2n) is 7.79. The summed E-state index contributed by atoms with van der Waals surface area (Å²) >= 11 is 0. The van der Waals surface area contributed by atoms with Crippen molar-refractivity contribution in [2.45, 2.75) is 26.2 Å². The molecule has 0 saturated carbocycles. The van der Waals surface area contributed by atoms with Crippen LogP contribution < -0.4 is 0 Å². The third-order valence-electron chi connectivity index (χ3n) is 5.48. The summed E-state index contributed by atoms with van der Waals surface area (Å²) in [5.74, 6) is -8.75. The smallest absolute Gasteiger partial charge is 0.339 e. The molecular weight excluding hydrogens is 466 g/mol. The minimum atomic E-state index is -1.14. The average molecular weight is 491 g/mol.